The van der Waals surface area contributed by atoms with E-state index in [-0.39, 0.29) is 0 Å². The summed E-state index contributed by atoms with van der Waals surface area (Å²) in [7, 11) is 0. The van der Waals surface area contributed by atoms with Crippen LogP contribution in [0, 0.1) is 0 Å². The van der Waals surface area contributed by atoms with Gasteiger partial charge in [0.15, 0.2) is 0 Å². The summed E-state index contributed by atoms with van der Waals surface area (Å²) in [4.78, 5) is 2.65. The van der Waals surface area contributed by atoms with Crippen LogP contribution in [0.5, 0.6) is 0 Å². The lowest BCUT2D eigenvalue weighted by atomic mass is 10.2. The van der Waals surface area contributed by atoms with E-state index in [1.807, 2.05) is 0 Å². The molecule has 1 atom stereocenters. The zero-order chi connectivity index (χ0) is 10.9. The van der Waals surface area contributed by atoms with Crippen molar-refractivity contribution in [3.8, 4) is 0 Å². The fourth-order valence-electron chi connectivity index (χ4n) is 2.42. The van der Waals surface area contributed by atoms with Crippen molar-refractivity contribution >= 4 is 0 Å². The molecule has 0 spiro atoms. The largest absolute Gasteiger partial charge is 0.313 e. The average Bonchev–Trinajstić information content (AvgIpc) is 2.71. The number of rotatable bonds is 8. The zero-order valence-corrected chi connectivity index (χ0v) is 10.6. The van der Waals surface area contributed by atoms with Crippen LogP contribution < -0.4 is 5.32 Å². The lowest BCUT2D eigenvalue weighted by Gasteiger charge is -2.25. The summed E-state index contributed by atoms with van der Waals surface area (Å²) >= 11 is 0. The molecule has 1 N–H and O–H groups in total. The summed E-state index contributed by atoms with van der Waals surface area (Å²) in [6.07, 6.45) is 8.15. The monoisotopic (exact) mass is 212 g/mol. The first-order chi connectivity index (χ1) is 7.36. The molecule has 1 aliphatic heterocycles. The average molecular weight is 212 g/mol. The molecule has 90 valence electrons. The quantitative estimate of drug-likeness (QED) is 0.622. The molecule has 15 heavy (non-hydrogen) atoms. The maximum atomic E-state index is 3.59. The van der Waals surface area contributed by atoms with Gasteiger partial charge in [0.2, 0.25) is 0 Å². The Bertz CT molecular complexity index is 141. The predicted octanol–water partition coefficient (Wildman–Crippen LogP) is 2.64. The highest BCUT2D eigenvalue weighted by Crippen LogP contribution is 2.08. The molecule has 0 bridgehead atoms. The fraction of sp³-hybridized carbons (Fsp3) is 1.00. The molecule has 1 aliphatic rings. The molecule has 0 amide bonds. The van der Waals surface area contributed by atoms with Gasteiger partial charge in [0.05, 0.1) is 0 Å². The Hall–Kier alpha value is -0.0800. The van der Waals surface area contributed by atoms with Crippen molar-refractivity contribution in [1.82, 2.24) is 10.2 Å². The smallest absolute Gasteiger partial charge is 0.0195 e. The van der Waals surface area contributed by atoms with Gasteiger partial charge in [-0.1, -0.05) is 26.7 Å². The van der Waals surface area contributed by atoms with Crippen LogP contribution in [0.25, 0.3) is 0 Å². The van der Waals surface area contributed by atoms with E-state index in [0.717, 1.165) is 6.04 Å². The lowest BCUT2D eigenvalue weighted by Crippen LogP contribution is -2.38. The van der Waals surface area contributed by atoms with Gasteiger partial charge >= 0.3 is 0 Å². The molecule has 1 heterocycles. The molecule has 2 heteroatoms. The van der Waals surface area contributed by atoms with E-state index in [2.05, 4.69) is 24.1 Å². The Morgan fingerprint density at radius 3 is 2.60 bits per heavy atom. The van der Waals surface area contributed by atoms with Gasteiger partial charge < -0.3 is 10.2 Å². The predicted molar refractivity (Wildman–Crippen MR) is 67.3 cm³/mol. The minimum atomic E-state index is 0.776. The molecule has 1 unspecified atom stereocenters. The Morgan fingerprint density at radius 1 is 1.13 bits per heavy atom. The molecule has 0 radical (unpaired) electrons. The molecule has 0 aromatic rings. The van der Waals surface area contributed by atoms with Crippen LogP contribution in [-0.2, 0) is 0 Å². The second kappa shape index (κ2) is 8.12. The maximum absolute atomic E-state index is 3.59. The minimum absolute atomic E-state index is 0.776. The van der Waals surface area contributed by atoms with Gasteiger partial charge in [-0.05, 0) is 45.3 Å². The van der Waals surface area contributed by atoms with Gasteiger partial charge in [-0.25, -0.2) is 0 Å². The van der Waals surface area contributed by atoms with Crippen molar-refractivity contribution in [2.45, 2.75) is 58.4 Å². The van der Waals surface area contributed by atoms with Crippen LogP contribution in [0.1, 0.15) is 52.4 Å². The van der Waals surface area contributed by atoms with Crippen LogP contribution in [0.15, 0.2) is 0 Å². The first kappa shape index (κ1) is 13.0. The van der Waals surface area contributed by atoms with E-state index in [1.165, 1.54) is 64.7 Å². The molecule has 0 aliphatic carbocycles. The van der Waals surface area contributed by atoms with Crippen LogP contribution in [0.2, 0.25) is 0 Å². The molecule has 0 saturated carbocycles. The van der Waals surface area contributed by atoms with Crippen molar-refractivity contribution in [1.29, 1.82) is 0 Å². The Kier molecular flexibility index (Phi) is 7.03. The number of nitrogens with one attached hydrogen (secondary N) is 1. The van der Waals surface area contributed by atoms with Gasteiger partial charge in [-0.3, -0.25) is 0 Å². The first-order valence-electron chi connectivity index (χ1n) is 6.82. The molecular weight excluding hydrogens is 184 g/mol. The summed E-state index contributed by atoms with van der Waals surface area (Å²) in [5.74, 6) is 0. The third-order valence-electron chi connectivity index (χ3n) is 3.26. The Labute approximate surface area is 95.4 Å². The standard InChI is InChI=1S/C13H28N2/c1-3-5-6-11-15(10-4-2)12-13-8-7-9-14-13/h13-14H,3-12H2,1-2H3. The van der Waals surface area contributed by atoms with Crippen molar-refractivity contribution in [2.24, 2.45) is 0 Å². The topological polar surface area (TPSA) is 15.3 Å². The second-order valence-corrected chi connectivity index (χ2v) is 4.80. The van der Waals surface area contributed by atoms with Crippen LogP contribution >= 0.6 is 0 Å². The van der Waals surface area contributed by atoms with Gasteiger partial charge in [0.25, 0.3) is 0 Å². The molecule has 1 rings (SSSR count). The van der Waals surface area contributed by atoms with E-state index < -0.39 is 0 Å². The molecule has 1 saturated heterocycles. The molecule has 1 fully saturated rings. The minimum Gasteiger partial charge on any atom is -0.313 e. The third kappa shape index (κ3) is 5.53. The van der Waals surface area contributed by atoms with E-state index in [1.54, 1.807) is 0 Å². The van der Waals surface area contributed by atoms with Crippen LogP contribution in [0.3, 0.4) is 0 Å². The SMILES string of the molecule is CCCCCN(CCC)CC1CCCN1. The number of hydrogen-bond donors (Lipinski definition) is 1. The number of unbranched alkanes of at least 4 members (excludes halogenated alkanes) is 2. The van der Waals surface area contributed by atoms with E-state index in [9.17, 15) is 0 Å². The number of nitrogens with zero attached hydrogens (tertiary/aromatic N) is 1. The van der Waals surface area contributed by atoms with Crippen LogP contribution in [-0.4, -0.2) is 37.1 Å². The van der Waals surface area contributed by atoms with Gasteiger partial charge in [0.1, 0.15) is 0 Å². The molecule has 2 nitrogen and oxygen atoms in total. The summed E-state index contributed by atoms with van der Waals surface area (Å²) in [6.45, 7) is 9.66. The lowest BCUT2D eigenvalue weighted by molar-refractivity contribution is 0.244. The van der Waals surface area contributed by atoms with Crippen molar-refractivity contribution < 1.29 is 0 Å². The second-order valence-electron chi connectivity index (χ2n) is 4.80. The van der Waals surface area contributed by atoms with Gasteiger partial charge in [-0.2, -0.15) is 0 Å². The Morgan fingerprint density at radius 2 is 2.00 bits per heavy atom. The molecular formula is C13H28N2. The summed E-state index contributed by atoms with van der Waals surface area (Å²) < 4.78 is 0. The highest BCUT2D eigenvalue weighted by molar-refractivity contribution is 4.77. The maximum Gasteiger partial charge on any atom is 0.0195 e. The highest BCUT2D eigenvalue weighted by Gasteiger charge is 2.16. The zero-order valence-electron chi connectivity index (χ0n) is 10.6. The van der Waals surface area contributed by atoms with E-state index in [0.29, 0.717) is 0 Å². The fourth-order valence-corrected chi connectivity index (χ4v) is 2.42. The van der Waals surface area contributed by atoms with E-state index in [4.69, 9.17) is 0 Å². The third-order valence-corrected chi connectivity index (χ3v) is 3.26. The number of hydrogen-bond acceptors (Lipinski definition) is 2. The van der Waals surface area contributed by atoms with E-state index >= 15 is 0 Å². The summed E-state index contributed by atoms with van der Waals surface area (Å²) in [5, 5.41) is 3.59. The van der Waals surface area contributed by atoms with Gasteiger partial charge in [0, 0.05) is 12.6 Å². The Balaban J connectivity index is 2.16. The van der Waals surface area contributed by atoms with Crippen molar-refractivity contribution in [2.75, 3.05) is 26.2 Å². The molecule has 0 aromatic carbocycles. The summed E-state index contributed by atoms with van der Waals surface area (Å²) in [5.41, 5.74) is 0. The first-order valence-corrected chi connectivity index (χ1v) is 6.82. The van der Waals surface area contributed by atoms with Crippen molar-refractivity contribution in [3.05, 3.63) is 0 Å². The van der Waals surface area contributed by atoms with Crippen molar-refractivity contribution in [3.63, 3.8) is 0 Å². The van der Waals surface area contributed by atoms with Gasteiger partial charge in [-0.15, -0.1) is 0 Å². The summed E-state index contributed by atoms with van der Waals surface area (Å²) in [6, 6.07) is 0.776. The highest BCUT2D eigenvalue weighted by atomic mass is 15.1. The molecule has 0 aromatic heterocycles. The normalized spacial score (nSPS) is 21.4. The van der Waals surface area contributed by atoms with Crippen LogP contribution in [0.4, 0.5) is 0 Å².